The average molecular weight is 185 g/mol. The summed E-state index contributed by atoms with van der Waals surface area (Å²) >= 11 is 0. The molecule has 0 fully saturated rings. The molecule has 3 atom stereocenters. The minimum atomic E-state index is 0.684. The minimum Gasteiger partial charge on any atom is -0.314 e. The zero-order valence-corrected chi connectivity index (χ0v) is 10.1. The third-order valence-corrected chi connectivity index (χ3v) is 2.96. The Hall–Kier alpha value is -0.0400. The lowest BCUT2D eigenvalue weighted by atomic mass is 10.00. The smallest absolute Gasteiger partial charge is 0.00413 e. The zero-order chi connectivity index (χ0) is 10.3. The van der Waals surface area contributed by atoms with E-state index in [0.717, 1.165) is 11.8 Å². The van der Waals surface area contributed by atoms with Crippen molar-refractivity contribution in [3.8, 4) is 0 Å². The van der Waals surface area contributed by atoms with E-state index in [9.17, 15) is 0 Å². The fraction of sp³-hybridized carbons (Fsp3) is 1.00. The third-order valence-electron chi connectivity index (χ3n) is 2.96. The van der Waals surface area contributed by atoms with Gasteiger partial charge in [0.15, 0.2) is 0 Å². The van der Waals surface area contributed by atoms with Crippen LogP contribution in [0.5, 0.6) is 0 Å². The van der Waals surface area contributed by atoms with Crippen LogP contribution in [0.2, 0.25) is 0 Å². The lowest BCUT2D eigenvalue weighted by Gasteiger charge is -2.19. The maximum atomic E-state index is 3.60. The molecular formula is C12H27N. The molecule has 0 spiro atoms. The molecule has 0 rings (SSSR count). The largest absolute Gasteiger partial charge is 0.314 e. The molecule has 1 heteroatoms. The third kappa shape index (κ3) is 7.06. The van der Waals surface area contributed by atoms with Crippen molar-refractivity contribution >= 4 is 0 Å². The highest BCUT2D eigenvalue weighted by Crippen LogP contribution is 2.09. The molecule has 0 heterocycles. The van der Waals surface area contributed by atoms with Gasteiger partial charge >= 0.3 is 0 Å². The van der Waals surface area contributed by atoms with Crippen LogP contribution in [0.3, 0.4) is 0 Å². The van der Waals surface area contributed by atoms with Crippen LogP contribution >= 0.6 is 0 Å². The van der Waals surface area contributed by atoms with Gasteiger partial charge in [0.2, 0.25) is 0 Å². The Bertz CT molecular complexity index is 112. The van der Waals surface area contributed by atoms with Crippen LogP contribution in [-0.4, -0.2) is 12.6 Å². The van der Waals surface area contributed by atoms with Crippen molar-refractivity contribution in [1.29, 1.82) is 0 Å². The normalized spacial score (nSPS) is 18.2. The highest BCUT2D eigenvalue weighted by Gasteiger charge is 2.07. The van der Waals surface area contributed by atoms with Crippen LogP contribution in [0.25, 0.3) is 0 Å². The summed E-state index contributed by atoms with van der Waals surface area (Å²) in [6.07, 6.45) is 3.89. The summed E-state index contributed by atoms with van der Waals surface area (Å²) in [6.45, 7) is 12.6. The molecule has 3 unspecified atom stereocenters. The lowest BCUT2D eigenvalue weighted by Crippen LogP contribution is -2.31. The Morgan fingerprint density at radius 2 is 1.46 bits per heavy atom. The summed E-state index contributed by atoms with van der Waals surface area (Å²) in [5, 5.41) is 3.60. The lowest BCUT2D eigenvalue weighted by molar-refractivity contribution is 0.384. The summed E-state index contributed by atoms with van der Waals surface area (Å²) in [7, 11) is 0. The molecule has 80 valence electrons. The fourth-order valence-electron chi connectivity index (χ4n) is 1.40. The van der Waals surface area contributed by atoms with Crippen molar-refractivity contribution in [3.05, 3.63) is 0 Å². The molecule has 0 aliphatic heterocycles. The Kier molecular flexibility index (Phi) is 7.35. The van der Waals surface area contributed by atoms with E-state index in [1.807, 2.05) is 0 Å². The molecule has 0 radical (unpaired) electrons. The second kappa shape index (κ2) is 7.37. The molecule has 1 nitrogen and oxygen atoms in total. The quantitative estimate of drug-likeness (QED) is 0.640. The second-order valence-corrected chi connectivity index (χ2v) is 4.57. The van der Waals surface area contributed by atoms with Crippen LogP contribution in [0.1, 0.15) is 53.9 Å². The molecule has 0 bridgehead atoms. The van der Waals surface area contributed by atoms with Gasteiger partial charge in [-0.15, -0.1) is 0 Å². The monoisotopic (exact) mass is 185 g/mol. The highest BCUT2D eigenvalue weighted by molar-refractivity contribution is 4.65. The van der Waals surface area contributed by atoms with E-state index in [2.05, 4.69) is 39.9 Å². The van der Waals surface area contributed by atoms with E-state index in [0.29, 0.717) is 6.04 Å². The van der Waals surface area contributed by atoms with Gasteiger partial charge in [-0.3, -0.25) is 0 Å². The van der Waals surface area contributed by atoms with Crippen LogP contribution in [0.4, 0.5) is 0 Å². The maximum absolute atomic E-state index is 3.60. The average Bonchev–Trinajstić information content (AvgIpc) is 2.13. The van der Waals surface area contributed by atoms with E-state index in [4.69, 9.17) is 0 Å². The topological polar surface area (TPSA) is 12.0 Å². The second-order valence-electron chi connectivity index (χ2n) is 4.57. The van der Waals surface area contributed by atoms with Gasteiger partial charge in [-0.2, -0.15) is 0 Å². The predicted octanol–water partition coefficient (Wildman–Crippen LogP) is 3.45. The fourth-order valence-corrected chi connectivity index (χ4v) is 1.40. The van der Waals surface area contributed by atoms with Crippen LogP contribution in [-0.2, 0) is 0 Å². The minimum absolute atomic E-state index is 0.684. The van der Waals surface area contributed by atoms with E-state index in [1.165, 1.54) is 25.8 Å². The predicted molar refractivity (Wildman–Crippen MR) is 61.0 cm³/mol. The van der Waals surface area contributed by atoms with E-state index in [-0.39, 0.29) is 0 Å². The van der Waals surface area contributed by atoms with Gasteiger partial charge in [0.1, 0.15) is 0 Å². The molecule has 0 aliphatic rings. The zero-order valence-electron chi connectivity index (χ0n) is 10.1. The SMILES string of the molecule is CCC(C)CNC(C)CC(C)CC. The van der Waals surface area contributed by atoms with Gasteiger partial charge in [-0.25, -0.2) is 0 Å². The molecule has 0 aliphatic carbocycles. The van der Waals surface area contributed by atoms with Crippen molar-refractivity contribution < 1.29 is 0 Å². The molecule has 0 aromatic heterocycles. The van der Waals surface area contributed by atoms with Crippen molar-refractivity contribution in [2.45, 2.75) is 59.9 Å². The van der Waals surface area contributed by atoms with Gasteiger partial charge in [0.05, 0.1) is 0 Å². The first-order valence-corrected chi connectivity index (χ1v) is 5.83. The Morgan fingerprint density at radius 3 is 1.92 bits per heavy atom. The van der Waals surface area contributed by atoms with E-state index < -0.39 is 0 Å². The van der Waals surface area contributed by atoms with E-state index in [1.54, 1.807) is 0 Å². The number of rotatable bonds is 7. The first-order valence-electron chi connectivity index (χ1n) is 5.83. The molecular weight excluding hydrogens is 158 g/mol. The summed E-state index contributed by atoms with van der Waals surface area (Å²) in [5.41, 5.74) is 0. The number of nitrogens with one attached hydrogen (secondary N) is 1. The molecule has 0 saturated heterocycles. The van der Waals surface area contributed by atoms with Crippen LogP contribution < -0.4 is 5.32 Å². The van der Waals surface area contributed by atoms with Crippen molar-refractivity contribution in [1.82, 2.24) is 5.32 Å². The van der Waals surface area contributed by atoms with Gasteiger partial charge in [0, 0.05) is 6.04 Å². The van der Waals surface area contributed by atoms with E-state index >= 15 is 0 Å². The Balaban J connectivity index is 3.45. The Labute approximate surface area is 84.3 Å². The summed E-state index contributed by atoms with van der Waals surface area (Å²) in [4.78, 5) is 0. The number of hydrogen-bond acceptors (Lipinski definition) is 1. The molecule has 0 aromatic carbocycles. The molecule has 0 saturated carbocycles. The van der Waals surface area contributed by atoms with Gasteiger partial charge < -0.3 is 5.32 Å². The van der Waals surface area contributed by atoms with Crippen LogP contribution in [0, 0.1) is 11.8 Å². The summed E-state index contributed by atoms with van der Waals surface area (Å²) < 4.78 is 0. The first-order chi connectivity index (χ1) is 6.10. The maximum Gasteiger partial charge on any atom is 0.00413 e. The Morgan fingerprint density at radius 1 is 0.923 bits per heavy atom. The number of hydrogen-bond donors (Lipinski definition) is 1. The molecule has 0 aromatic rings. The first kappa shape index (κ1) is 13.0. The standard InChI is InChI=1S/C12H27N/c1-6-10(3)8-12(5)13-9-11(4)7-2/h10-13H,6-9H2,1-5H3. The molecule has 13 heavy (non-hydrogen) atoms. The van der Waals surface area contributed by atoms with Gasteiger partial charge in [0.25, 0.3) is 0 Å². The van der Waals surface area contributed by atoms with Crippen molar-refractivity contribution in [2.75, 3.05) is 6.54 Å². The molecule has 1 N–H and O–H groups in total. The van der Waals surface area contributed by atoms with Crippen molar-refractivity contribution in [2.24, 2.45) is 11.8 Å². The highest BCUT2D eigenvalue weighted by atomic mass is 14.9. The summed E-state index contributed by atoms with van der Waals surface area (Å²) in [6, 6.07) is 0.684. The van der Waals surface area contributed by atoms with Gasteiger partial charge in [-0.1, -0.05) is 40.5 Å². The van der Waals surface area contributed by atoms with Crippen LogP contribution in [0.15, 0.2) is 0 Å². The van der Waals surface area contributed by atoms with Gasteiger partial charge in [-0.05, 0) is 31.7 Å². The summed E-state index contributed by atoms with van der Waals surface area (Å²) in [5.74, 6) is 1.68. The van der Waals surface area contributed by atoms with Crippen molar-refractivity contribution in [3.63, 3.8) is 0 Å². The molecule has 0 amide bonds.